The Hall–Kier alpha value is -2.57. The van der Waals surface area contributed by atoms with E-state index >= 15 is 0 Å². The van der Waals surface area contributed by atoms with E-state index in [4.69, 9.17) is 0 Å². The number of aromatic carboxylic acids is 1. The van der Waals surface area contributed by atoms with Gasteiger partial charge in [0.15, 0.2) is 0 Å². The Morgan fingerprint density at radius 3 is 2.43 bits per heavy atom. The van der Waals surface area contributed by atoms with Crippen LogP contribution in [-0.4, -0.2) is 36.6 Å². The minimum atomic E-state index is -1.11. The number of carbonyl (C=O) groups excluding carboxylic acids is 2. The van der Waals surface area contributed by atoms with Gasteiger partial charge in [0.1, 0.15) is 0 Å². The van der Waals surface area contributed by atoms with Crippen molar-refractivity contribution in [2.45, 2.75) is 20.3 Å². The zero-order valence-electron chi connectivity index (χ0n) is 12.2. The summed E-state index contributed by atoms with van der Waals surface area (Å²) in [4.78, 5) is 34.0. The number of anilines is 1. The minimum Gasteiger partial charge on any atom is -0.478 e. The van der Waals surface area contributed by atoms with E-state index in [0.29, 0.717) is 5.56 Å². The second-order valence-electron chi connectivity index (χ2n) is 4.61. The third kappa shape index (κ3) is 4.79. The lowest BCUT2D eigenvalue weighted by Gasteiger charge is -2.13. The van der Waals surface area contributed by atoms with E-state index in [2.05, 4.69) is 16.0 Å². The molecule has 7 heteroatoms. The van der Waals surface area contributed by atoms with Crippen LogP contribution in [0.3, 0.4) is 0 Å². The summed E-state index contributed by atoms with van der Waals surface area (Å²) >= 11 is 0. The predicted molar refractivity (Wildman–Crippen MR) is 78.6 cm³/mol. The SMILES string of the molecule is CNC(=O)CCNC(=O)Nc1c(C)cc(C)cc1C(=O)O. The Balaban J connectivity index is 2.76. The third-order valence-electron chi connectivity index (χ3n) is 2.87. The summed E-state index contributed by atoms with van der Waals surface area (Å²) in [6.07, 6.45) is 0.155. The zero-order valence-corrected chi connectivity index (χ0v) is 12.2. The number of hydrogen-bond acceptors (Lipinski definition) is 3. The summed E-state index contributed by atoms with van der Waals surface area (Å²) in [6.45, 7) is 3.67. The number of aryl methyl sites for hydroxylation is 2. The number of carbonyl (C=O) groups is 3. The highest BCUT2D eigenvalue weighted by Crippen LogP contribution is 2.22. The molecule has 0 aliphatic rings. The lowest BCUT2D eigenvalue weighted by Crippen LogP contribution is -2.33. The Morgan fingerprint density at radius 1 is 1.19 bits per heavy atom. The number of urea groups is 1. The predicted octanol–water partition coefficient (Wildman–Crippen LogP) is 1.26. The number of benzene rings is 1. The molecule has 3 amide bonds. The monoisotopic (exact) mass is 293 g/mol. The molecule has 0 bridgehead atoms. The molecule has 21 heavy (non-hydrogen) atoms. The van der Waals surface area contributed by atoms with Crippen molar-refractivity contribution in [1.82, 2.24) is 10.6 Å². The summed E-state index contributed by atoms with van der Waals surface area (Å²) < 4.78 is 0. The van der Waals surface area contributed by atoms with Crippen LogP contribution in [0.4, 0.5) is 10.5 Å². The number of carboxylic acid groups (broad SMARTS) is 1. The van der Waals surface area contributed by atoms with Gasteiger partial charge in [-0.1, -0.05) is 6.07 Å². The molecule has 7 nitrogen and oxygen atoms in total. The molecule has 0 atom stereocenters. The standard InChI is InChI=1S/C14H19N3O4/c1-8-6-9(2)12(10(7-8)13(19)20)17-14(21)16-5-4-11(18)15-3/h6-7H,4-5H2,1-3H3,(H,15,18)(H,19,20)(H2,16,17,21). The van der Waals surface area contributed by atoms with Crippen LogP contribution in [0.5, 0.6) is 0 Å². The van der Waals surface area contributed by atoms with Gasteiger partial charge >= 0.3 is 12.0 Å². The van der Waals surface area contributed by atoms with Gasteiger partial charge < -0.3 is 21.1 Å². The summed E-state index contributed by atoms with van der Waals surface area (Å²) in [5.41, 5.74) is 1.75. The molecule has 0 fully saturated rings. The Morgan fingerprint density at radius 2 is 1.86 bits per heavy atom. The molecule has 0 unspecified atom stereocenters. The molecule has 0 saturated heterocycles. The molecule has 0 saturated carbocycles. The van der Waals surface area contributed by atoms with E-state index < -0.39 is 12.0 Å². The molecule has 0 aliphatic heterocycles. The number of carboxylic acids is 1. The van der Waals surface area contributed by atoms with Gasteiger partial charge in [-0.15, -0.1) is 0 Å². The number of nitrogens with one attached hydrogen (secondary N) is 3. The quantitative estimate of drug-likeness (QED) is 0.655. The average molecular weight is 293 g/mol. The normalized spacial score (nSPS) is 9.86. The lowest BCUT2D eigenvalue weighted by atomic mass is 10.0. The largest absolute Gasteiger partial charge is 0.478 e. The summed E-state index contributed by atoms with van der Waals surface area (Å²) in [6, 6.07) is 2.73. The topological polar surface area (TPSA) is 108 Å². The van der Waals surface area contributed by atoms with Crippen LogP contribution in [0.15, 0.2) is 12.1 Å². The zero-order chi connectivity index (χ0) is 16.0. The highest BCUT2D eigenvalue weighted by atomic mass is 16.4. The first-order valence-electron chi connectivity index (χ1n) is 6.45. The van der Waals surface area contributed by atoms with Gasteiger partial charge in [0.2, 0.25) is 5.91 Å². The molecule has 1 aromatic carbocycles. The highest BCUT2D eigenvalue weighted by molar-refractivity contribution is 6.01. The minimum absolute atomic E-state index is 0.0361. The smallest absolute Gasteiger partial charge is 0.337 e. The molecule has 114 valence electrons. The fourth-order valence-corrected chi connectivity index (χ4v) is 1.87. The maximum absolute atomic E-state index is 11.7. The summed E-state index contributed by atoms with van der Waals surface area (Å²) in [5.74, 6) is -1.30. The van der Waals surface area contributed by atoms with E-state index in [1.807, 2.05) is 0 Å². The van der Waals surface area contributed by atoms with Crippen molar-refractivity contribution in [2.24, 2.45) is 0 Å². The van der Waals surface area contributed by atoms with Gasteiger partial charge in [-0.3, -0.25) is 4.79 Å². The maximum atomic E-state index is 11.7. The lowest BCUT2D eigenvalue weighted by molar-refractivity contribution is -0.120. The summed E-state index contributed by atoms with van der Waals surface area (Å²) in [7, 11) is 1.51. The van der Waals surface area contributed by atoms with Gasteiger partial charge in [0, 0.05) is 20.0 Å². The van der Waals surface area contributed by atoms with Crippen LogP contribution in [0.25, 0.3) is 0 Å². The van der Waals surface area contributed by atoms with Crippen molar-refractivity contribution in [2.75, 3.05) is 18.9 Å². The van der Waals surface area contributed by atoms with E-state index in [1.54, 1.807) is 19.9 Å². The highest BCUT2D eigenvalue weighted by Gasteiger charge is 2.15. The van der Waals surface area contributed by atoms with E-state index in [-0.39, 0.29) is 30.1 Å². The van der Waals surface area contributed by atoms with Gasteiger partial charge in [-0.2, -0.15) is 0 Å². The Kier molecular flexibility index (Phi) is 5.71. The molecule has 0 aliphatic carbocycles. The Labute approximate surface area is 122 Å². The molecule has 1 rings (SSSR count). The summed E-state index contributed by atoms with van der Waals surface area (Å²) in [5, 5.41) is 16.6. The third-order valence-corrected chi connectivity index (χ3v) is 2.87. The number of amides is 3. The fraction of sp³-hybridized carbons (Fsp3) is 0.357. The maximum Gasteiger partial charge on any atom is 0.337 e. The first kappa shape index (κ1) is 16.5. The van der Waals surface area contributed by atoms with Gasteiger partial charge in [0.05, 0.1) is 11.3 Å². The molecular formula is C14H19N3O4. The van der Waals surface area contributed by atoms with Gasteiger partial charge in [0.25, 0.3) is 0 Å². The first-order valence-corrected chi connectivity index (χ1v) is 6.45. The van der Waals surface area contributed by atoms with Crippen molar-refractivity contribution in [3.63, 3.8) is 0 Å². The molecule has 0 heterocycles. The van der Waals surface area contributed by atoms with Gasteiger partial charge in [-0.25, -0.2) is 9.59 Å². The van der Waals surface area contributed by atoms with Crippen LogP contribution in [-0.2, 0) is 4.79 Å². The van der Waals surface area contributed by atoms with Crippen molar-refractivity contribution >= 4 is 23.6 Å². The van der Waals surface area contributed by atoms with Crippen LogP contribution in [0, 0.1) is 13.8 Å². The van der Waals surface area contributed by atoms with E-state index in [9.17, 15) is 19.5 Å². The van der Waals surface area contributed by atoms with Crippen LogP contribution in [0.2, 0.25) is 0 Å². The molecular weight excluding hydrogens is 274 g/mol. The van der Waals surface area contributed by atoms with Crippen molar-refractivity contribution in [1.29, 1.82) is 0 Å². The number of rotatable bonds is 5. The average Bonchev–Trinajstić information content (AvgIpc) is 2.41. The molecule has 0 aromatic heterocycles. The van der Waals surface area contributed by atoms with Crippen molar-refractivity contribution < 1.29 is 19.5 Å². The van der Waals surface area contributed by atoms with Crippen LogP contribution < -0.4 is 16.0 Å². The number of hydrogen-bond donors (Lipinski definition) is 4. The van der Waals surface area contributed by atoms with Crippen LogP contribution >= 0.6 is 0 Å². The van der Waals surface area contributed by atoms with Crippen LogP contribution in [0.1, 0.15) is 27.9 Å². The molecule has 0 radical (unpaired) electrons. The second kappa shape index (κ2) is 7.28. The fourth-order valence-electron chi connectivity index (χ4n) is 1.87. The molecule has 1 aromatic rings. The van der Waals surface area contributed by atoms with E-state index in [0.717, 1.165) is 5.56 Å². The first-order chi connectivity index (χ1) is 9.85. The molecule has 0 spiro atoms. The van der Waals surface area contributed by atoms with Crippen molar-refractivity contribution in [3.05, 3.63) is 28.8 Å². The molecule has 4 N–H and O–H groups in total. The Bertz CT molecular complexity index is 570. The van der Waals surface area contributed by atoms with Crippen molar-refractivity contribution in [3.8, 4) is 0 Å². The van der Waals surface area contributed by atoms with Gasteiger partial charge in [-0.05, 0) is 31.0 Å². The van der Waals surface area contributed by atoms with E-state index in [1.165, 1.54) is 13.1 Å². The second-order valence-corrected chi connectivity index (χ2v) is 4.61.